The standard InChI is InChI=1S/C18H26O4/c1-3-5-6-10-14(9-4-2)13-22-18(21)16-12-8-7-11-15(16)17(19)20/h7-8,11-12,14H,3-6,9-10,13H2,1-2H3,(H,19,20). The lowest BCUT2D eigenvalue weighted by Gasteiger charge is -2.16. The van der Waals surface area contributed by atoms with Gasteiger partial charge in [-0.1, -0.05) is 51.7 Å². The first-order valence-electron chi connectivity index (χ1n) is 8.09. The molecule has 0 saturated carbocycles. The van der Waals surface area contributed by atoms with Crippen LogP contribution in [0.2, 0.25) is 0 Å². The summed E-state index contributed by atoms with van der Waals surface area (Å²) in [6.07, 6.45) is 6.64. The van der Waals surface area contributed by atoms with Crippen molar-refractivity contribution in [2.75, 3.05) is 6.61 Å². The van der Waals surface area contributed by atoms with Crippen LogP contribution in [-0.2, 0) is 4.74 Å². The van der Waals surface area contributed by atoms with Crippen molar-refractivity contribution >= 4 is 11.9 Å². The molecule has 0 amide bonds. The molecule has 122 valence electrons. The van der Waals surface area contributed by atoms with E-state index in [4.69, 9.17) is 9.84 Å². The summed E-state index contributed by atoms with van der Waals surface area (Å²) in [5, 5.41) is 9.11. The Balaban J connectivity index is 2.61. The van der Waals surface area contributed by atoms with Gasteiger partial charge in [-0.2, -0.15) is 0 Å². The van der Waals surface area contributed by atoms with Crippen LogP contribution in [0.4, 0.5) is 0 Å². The summed E-state index contributed by atoms with van der Waals surface area (Å²) in [7, 11) is 0. The molecule has 1 N–H and O–H groups in total. The quantitative estimate of drug-likeness (QED) is 0.509. The van der Waals surface area contributed by atoms with Crippen molar-refractivity contribution in [1.29, 1.82) is 0 Å². The van der Waals surface area contributed by atoms with Crippen molar-refractivity contribution in [1.82, 2.24) is 0 Å². The number of carboxylic acids is 1. The minimum atomic E-state index is -1.11. The Kier molecular flexibility index (Phi) is 8.26. The van der Waals surface area contributed by atoms with E-state index in [0.717, 1.165) is 25.7 Å². The summed E-state index contributed by atoms with van der Waals surface area (Å²) in [5.74, 6) is -1.30. The number of ether oxygens (including phenoxy) is 1. The Labute approximate surface area is 132 Å². The van der Waals surface area contributed by atoms with Crippen LogP contribution in [-0.4, -0.2) is 23.7 Å². The number of rotatable bonds is 10. The lowest BCUT2D eigenvalue weighted by molar-refractivity contribution is 0.0416. The predicted octanol–water partition coefficient (Wildman–Crippen LogP) is 4.54. The average Bonchev–Trinajstić information content (AvgIpc) is 2.52. The molecule has 0 bridgehead atoms. The molecule has 0 aliphatic rings. The normalized spacial score (nSPS) is 11.9. The van der Waals surface area contributed by atoms with E-state index in [0.29, 0.717) is 12.5 Å². The van der Waals surface area contributed by atoms with Gasteiger partial charge in [0.1, 0.15) is 0 Å². The molecule has 1 aromatic carbocycles. The van der Waals surface area contributed by atoms with E-state index in [1.165, 1.54) is 25.0 Å². The van der Waals surface area contributed by atoms with Crippen molar-refractivity contribution < 1.29 is 19.4 Å². The third kappa shape index (κ3) is 5.88. The molecule has 22 heavy (non-hydrogen) atoms. The molecule has 1 atom stereocenters. The molecule has 0 saturated heterocycles. The van der Waals surface area contributed by atoms with Gasteiger partial charge < -0.3 is 9.84 Å². The van der Waals surface area contributed by atoms with Gasteiger partial charge in [-0.25, -0.2) is 9.59 Å². The van der Waals surface area contributed by atoms with Crippen molar-refractivity contribution in [3.63, 3.8) is 0 Å². The Hall–Kier alpha value is -1.84. The smallest absolute Gasteiger partial charge is 0.339 e. The molecule has 4 nitrogen and oxygen atoms in total. The van der Waals surface area contributed by atoms with Gasteiger partial charge >= 0.3 is 11.9 Å². The Morgan fingerprint density at radius 1 is 1.05 bits per heavy atom. The highest BCUT2D eigenvalue weighted by Crippen LogP contribution is 2.18. The van der Waals surface area contributed by atoms with E-state index >= 15 is 0 Å². The minimum Gasteiger partial charge on any atom is -0.478 e. The Bertz CT molecular complexity index is 482. The monoisotopic (exact) mass is 306 g/mol. The summed E-state index contributed by atoms with van der Waals surface area (Å²) in [4.78, 5) is 23.3. The van der Waals surface area contributed by atoms with Gasteiger partial charge in [0.15, 0.2) is 0 Å². The van der Waals surface area contributed by atoms with Gasteiger partial charge in [0.05, 0.1) is 17.7 Å². The highest BCUT2D eigenvalue weighted by molar-refractivity contribution is 6.02. The first-order chi connectivity index (χ1) is 10.6. The molecular weight excluding hydrogens is 280 g/mol. The third-order valence-corrected chi connectivity index (χ3v) is 3.74. The van der Waals surface area contributed by atoms with E-state index in [1.807, 2.05) is 0 Å². The molecule has 4 heteroatoms. The van der Waals surface area contributed by atoms with Crippen molar-refractivity contribution in [3.05, 3.63) is 35.4 Å². The van der Waals surface area contributed by atoms with Gasteiger partial charge in [0.25, 0.3) is 0 Å². The van der Waals surface area contributed by atoms with Crippen LogP contribution in [0.3, 0.4) is 0 Å². The van der Waals surface area contributed by atoms with Gasteiger partial charge in [0, 0.05) is 0 Å². The zero-order chi connectivity index (χ0) is 16.4. The zero-order valence-corrected chi connectivity index (χ0v) is 13.5. The molecule has 0 radical (unpaired) electrons. The Morgan fingerprint density at radius 2 is 1.73 bits per heavy atom. The summed E-state index contributed by atoms with van der Waals surface area (Å²) in [5.41, 5.74) is 0.115. The van der Waals surface area contributed by atoms with Crippen LogP contribution in [0.5, 0.6) is 0 Å². The maximum Gasteiger partial charge on any atom is 0.339 e. The number of carbonyl (C=O) groups is 2. The molecule has 1 aromatic rings. The largest absolute Gasteiger partial charge is 0.478 e. The van der Waals surface area contributed by atoms with E-state index < -0.39 is 11.9 Å². The molecule has 0 heterocycles. The number of aromatic carboxylic acids is 1. The molecule has 0 fully saturated rings. The Morgan fingerprint density at radius 3 is 2.32 bits per heavy atom. The number of unbranched alkanes of at least 4 members (excludes halogenated alkanes) is 2. The molecule has 1 rings (SSSR count). The average molecular weight is 306 g/mol. The molecule has 0 aliphatic carbocycles. The van der Waals surface area contributed by atoms with Gasteiger partial charge in [0.2, 0.25) is 0 Å². The lowest BCUT2D eigenvalue weighted by atomic mass is 9.97. The lowest BCUT2D eigenvalue weighted by Crippen LogP contribution is -2.17. The number of esters is 1. The SMILES string of the molecule is CCCCCC(CCC)COC(=O)c1ccccc1C(=O)O. The van der Waals surface area contributed by atoms with Gasteiger partial charge in [-0.05, 0) is 30.9 Å². The fourth-order valence-electron chi connectivity index (χ4n) is 2.52. The first-order valence-corrected chi connectivity index (χ1v) is 8.09. The molecule has 0 aromatic heterocycles. The molecule has 0 spiro atoms. The number of benzene rings is 1. The zero-order valence-electron chi connectivity index (χ0n) is 13.5. The number of carboxylic acid groups (broad SMARTS) is 1. The van der Waals surface area contributed by atoms with E-state index in [9.17, 15) is 9.59 Å². The minimum absolute atomic E-state index is 0.00877. The van der Waals surface area contributed by atoms with Crippen molar-refractivity contribution in [2.24, 2.45) is 5.92 Å². The van der Waals surface area contributed by atoms with E-state index in [2.05, 4.69) is 13.8 Å². The van der Waals surface area contributed by atoms with E-state index in [-0.39, 0.29) is 11.1 Å². The summed E-state index contributed by atoms with van der Waals surface area (Å²) in [6.45, 7) is 4.65. The van der Waals surface area contributed by atoms with Crippen LogP contribution in [0.15, 0.2) is 24.3 Å². The maximum absolute atomic E-state index is 12.1. The topological polar surface area (TPSA) is 63.6 Å². The number of hydrogen-bond acceptors (Lipinski definition) is 3. The first kappa shape index (κ1) is 18.2. The van der Waals surface area contributed by atoms with Crippen LogP contribution in [0.25, 0.3) is 0 Å². The maximum atomic E-state index is 12.1. The third-order valence-electron chi connectivity index (χ3n) is 3.74. The van der Waals surface area contributed by atoms with Gasteiger partial charge in [-0.3, -0.25) is 0 Å². The highest BCUT2D eigenvalue weighted by atomic mass is 16.5. The molecular formula is C18H26O4. The van der Waals surface area contributed by atoms with Crippen LogP contribution < -0.4 is 0 Å². The second-order valence-electron chi connectivity index (χ2n) is 5.60. The fraction of sp³-hybridized carbons (Fsp3) is 0.556. The van der Waals surface area contributed by atoms with E-state index in [1.54, 1.807) is 12.1 Å². The predicted molar refractivity (Wildman–Crippen MR) is 86.2 cm³/mol. The second-order valence-corrected chi connectivity index (χ2v) is 5.60. The fourth-order valence-corrected chi connectivity index (χ4v) is 2.52. The summed E-state index contributed by atoms with van der Waals surface area (Å²) >= 11 is 0. The van der Waals surface area contributed by atoms with Crippen LogP contribution in [0.1, 0.15) is 73.1 Å². The number of hydrogen-bond donors (Lipinski definition) is 1. The summed E-state index contributed by atoms with van der Waals surface area (Å²) < 4.78 is 5.36. The van der Waals surface area contributed by atoms with Crippen LogP contribution in [0, 0.1) is 5.92 Å². The summed E-state index contributed by atoms with van der Waals surface area (Å²) in [6, 6.07) is 6.17. The number of carbonyl (C=O) groups excluding carboxylic acids is 1. The van der Waals surface area contributed by atoms with Crippen molar-refractivity contribution in [2.45, 2.75) is 52.4 Å². The molecule has 1 unspecified atom stereocenters. The second kappa shape index (κ2) is 9.98. The van der Waals surface area contributed by atoms with Gasteiger partial charge in [-0.15, -0.1) is 0 Å². The van der Waals surface area contributed by atoms with Crippen molar-refractivity contribution in [3.8, 4) is 0 Å². The highest BCUT2D eigenvalue weighted by Gasteiger charge is 2.18. The molecule has 0 aliphatic heterocycles. The van der Waals surface area contributed by atoms with Crippen LogP contribution >= 0.6 is 0 Å².